The molecule has 4 nitrogen and oxygen atoms in total. The molecular formula is C12H17NO3S2. The average Bonchev–Trinajstić information content (AvgIpc) is 2.66. The number of hydrogen-bond acceptors (Lipinski definition) is 6. The predicted octanol–water partition coefficient (Wildman–Crippen LogP) is 3.21. The first-order valence-electron chi connectivity index (χ1n) is 5.82. The molecule has 0 atom stereocenters. The van der Waals surface area contributed by atoms with Gasteiger partial charge in [-0.25, -0.2) is 4.79 Å². The summed E-state index contributed by atoms with van der Waals surface area (Å²) < 4.78 is 5.75. The summed E-state index contributed by atoms with van der Waals surface area (Å²) in [5, 5.41) is 0. The average molecular weight is 287 g/mol. The van der Waals surface area contributed by atoms with Crippen molar-refractivity contribution in [3.8, 4) is 0 Å². The number of nitrogen functional groups attached to an aromatic ring is 1. The monoisotopic (exact) mass is 287 g/mol. The molecule has 1 heterocycles. The molecule has 1 aromatic heterocycles. The van der Waals surface area contributed by atoms with E-state index in [0.29, 0.717) is 23.5 Å². The number of ether oxygens (including phenoxy) is 1. The van der Waals surface area contributed by atoms with Crippen LogP contribution in [0, 0.1) is 0 Å². The van der Waals surface area contributed by atoms with Gasteiger partial charge in [0.2, 0.25) is 0 Å². The van der Waals surface area contributed by atoms with E-state index in [1.807, 2.05) is 6.92 Å². The topological polar surface area (TPSA) is 69.4 Å². The van der Waals surface area contributed by atoms with Gasteiger partial charge in [-0.3, -0.25) is 4.79 Å². The molecule has 1 aromatic rings. The Balaban J connectivity index is 3.24. The van der Waals surface area contributed by atoms with E-state index in [1.165, 1.54) is 23.1 Å². The molecule has 0 amide bonds. The molecule has 0 aliphatic carbocycles. The summed E-state index contributed by atoms with van der Waals surface area (Å²) in [7, 11) is 0. The molecule has 0 spiro atoms. The number of thioether (sulfide) groups is 1. The highest BCUT2D eigenvalue weighted by Gasteiger charge is 2.25. The Bertz CT molecular complexity index is 454. The van der Waals surface area contributed by atoms with Crippen molar-refractivity contribution in [3.05, 3.63) is 10.4 Å². The molecule has 0 saturated carbocycles. The summed E-state index contributed by atoms with van der Waals surface area (Å²) >= 11 is 2.79. The minimum absolute atomic E-state index is 0.0361. The smallest absolute Gasteiger partial charge is 0.342 e. The van der Waals surface area contributed by atoms with Gasteiger partial charge in [0.1, 0.15) is 5.56 Å². The van der Waals surface area contributed by atoms with Crippen LogP contribution in [0.4, 0.5) is 5.69 Å². The molecular weight excluding hydrogens is 270 g/mol. The second kappa shape index (κ2) is 6.80. The highest BCUT2D eigenvalue weighted by molar-refractivity contribution is 8.01. The van der Waals surface area contributed by atoms with E-state index < -0.39 is 5.97 Å². The van der Waals surface area contributed by atoms with Crippen LogP contribution in [-0.4, -0.2) is 24.1 Å². The van der Waals surface area contributed by atoms with Gasteiger partial charge in [0.25, 0.3) is 0 Å². The Morgan fingerprint density at radius 2 is 2.00 bits per heavy atom. The number of thiophene rings is 1. The molecule has 100 valence electrons. The van der Waals surface area contributed by atoms with E-state index in [4.69, 9.17) is 10.5 Å². The Hall–Kier alpha value is -1.01. The van der Waals surface area contributed by atoms with Crippen LogP contribution in [0.25, 0.3) is 0 Å². The Labute approximate surface area is 115 Å². The fourth-order valence-corrected chi connectivity index (χ4v) is 3.81. The van der Waals surface area contributed by atoms with Gasteiger partial charge in [-0.15, -0.1) is 23.1 Å². The standard InChI is InChI=1S/C12H17NO3S2/c1-4-7(14)10-9(13)8(11(15)16-5-2)12(18-10)17-6-3/h4-6,13H2,1-3H3. The zero-order valence-electron chi connectivity index (χ0n) is 10.7. The largest absolute Gasteiger partial charge is 0.462 e. The van der Waals surface area contributed by atoms with E-state index in [1.54, 1.807) is 13.8 Å². The molecule has 0 bridgehead atoms. The maximum Gasteiger partial charge on any atom is 0.342 e. The third kappa shape index (κ3) is 3.05. The first-order chi connectivity index (χ1) is 8.56. The molecule has 6 heteroatoms. The van der Waals surface area contributed by atoms with Crippen molar-refractivity contribution in [1.29, 1.82) is 0 Å². The summed E-state index contributed by atoms with van der Waals surface area (Å²) in [5.74, 6) is 0.329. The molecule has 0 aliphatic heterocycles. The molecule has 0 radical (unpaired) electrons. The first-order valence-corrected chi connectivity index (χ1v) is 7.62. The predicted molar refractivity (Wildman–Crippen MR) is 75.7 cm³/mol. The molecule has 0 aliphatic rings. The van der Waals surface area contributed by atoms with Gasteiger partial charge in [-0.2, -0.15) is 0 Å². The van der Waals surface area contributed by atoms with Crippen LogP contribution in [0.1, 0.15) is 47.2 Å². The lowest BCUT2D eigenvalue weighted by atomic mass is 10.2. The number of carbonyl (C=O) groups excluding carboxylic acids is 2. The number of hydrogen-bond donors (Lipinski definition) is 1. The molecule has 0 saturated heterocycles. The fraction of sp³-hybridized carbons (Fsp3) is 0.500. The lowest BCUT2D eigenvalue weighted by molar-refractivity contribution is 0.0524. The third-order valence-corrected chi connectivity index (χ3v) is 4.64. The Kier molecular flexibility index (Phi) is 5.68. The SMILES string of the molecule is CCOC(=O)c1c(SCC)sc(C(=O)CC)c1N. The number of ketones is 1. The van der Waals surface area contributed by atoms with Crippen LogP contribution in [0.3, 0.4) is 0 Å². The number of Topliss-reactive ketones (excluding diaryl/α,β-unsaturated/α-hetero) is 1. The Morgan fingerprint density at radius 3 is 2.50 bits per heavy atom. The minimum Gasteiger partial charge on any atom is -0.462 e. The number of carbonyl (C=O) groups is 2. The van der Waals surface area contributed by atoms with E-state index >= 15 is 0 Å². The first kappa shape index (κ1) is 15.0. The summed E-state index contributed by atoms with van der Waals surface area (Å²) in [5.41, 5.74) is 6.53. The lowest BCUT2D eigenvalue weighted by Crippen LogP contribution is -2.08. The van der Waals surface area contributed by atoms with Crippen molar-refractivity contribution in [3.63, 3.8) is 0 Å². The van der Waals surface area contributed by atoms with Crippen molar-refractivity contribution in [1.82, 2.24) is 0 Å². The number of anilines is 1. The van der Waals surface area contributed by atoms with Crippen LogP contribution in [0.15, 0.2) is 4.21 Å². The van der Waals surface area contributed by atoms with Crippen LogP contribution >= 0.6 is 23.1 Å². The van der Waals surface area contributed by atoms with E-state index in [2.05, 4.69) is 0 Å². The second-order valence-corrected chi connectivity index (χ2v) is 5.99. The van der Waals surface area contributed by atoms with Crippen LogP contribution < -0.4 is 5.73 Å². The van der Waals surface area contributed by atoms with Crippen molar-refractivity contribution in [2.75, 3.05) is 18.1 Å². The number of rotatable bonds is 6. The van der Waals surface area contributed by atoms with Crippen LogP contribution in [0.2, 0.25) is 0 Å². The molecule has 0 unspecified atom stereocenters. The van der Waals surface area contributed by atoms with Crippen LogP contribution in [-0.2, 0) is 4.74 Å². The van der Waals surface area contributed by atoms with E-state index in [0.717, 1.165) is 9.96 Å². The van der Waals surface area contributed by atoms with Gasteiger partial charge in [-0.05, 0) is 12.7 Å². The summed E-state index contributed by atoms with van der Waals surface area (Å²) in [6.45, 7) is 5.79. The van der Waals surface area contributed by atoms with Crippen molar-refractivity contribution >= 4 is 40.5 Å². The third-order valence-electron chi connectivity index (χ3n) is 2.24. The normalized spacial score (nSPS) is 10.4. The summed E-state index contributed by atoms with van der Waals surface area (Å²) in [4.78, 5) is 24.1. The fourth-order valence-electron chi connectivity index (χ4n) is 1.42. The highest BCUT2D eigenvalue weighted by atomic mass is 32.2. The summed E-state index contributed by atoms with van der Waals surface area (Å²) in [6.07, 6.45) is 0.378. The highest BCUT2D eigenvalue weighted by Crippen LogP contribution is 2.39. The van der Waals surface area contributed by atoms with Crippen LogP contribution in [0.5, 0.6) is 0 Å². The van der Waals surface area contributed by atoms with Gasteiger partial charge in [-0.1, -0.05) is 13.8 Å². The van der Waals surface area contributed by atoms with E-state index in [9.17, 15) is 9.59 Å². The maximum absolute atomic E-state index is 11.9. The molecule has 1 rings (SSSR count). The van der Waals surface area contributed by atoms with Crippen molar-refractivity contribution in [2.45, 2.75) is 31.4 Å². The van der Waals surface area contributed by atoms with Gasteiger partial charge in [0.15, 0.2) is 5.78 Å². The zero-order chi connectivity index (χ0) is 13.7. The quantitative estimate of drug-likeness (QED) is 0.494. The molecule has 0 aromatic carbocycles. The van der Waals surface area contributed by atoms with Crippen molar-refractivity contribution in [2.24, 2.45) is 0 Å². The van der Waals surface area contributed by atoms with Crippen molar-refractivity contribution < 1.29 is 14.3 Å². The van der Waals surface area contributed by atoms with Gasteiger partial charge >= 0.3 is 5.97 Å². The van der Waals surface area contributed by atoms with Gasteiger partial charge < -0.3 is 10.5 Å². The van der Waals surface area contributed by atoms with Gasteiger partial charge in [0.05, 0.1) is 21.4 Å². The maximum atomic E-state index is 11.9. The number of esters is 1. The minimum atomic E-state index is -0.447. The summed E-state index contributed by atoms with van der Waals surface area (Å²) in [6, 6.07) is 0. The van der Waals surface area contributed by atoms with Gasteiger partial charge in [0, 0.05) is 6.42 Å². The van der Waals surface area contributed by atoms with E-state index in [-0.39, 0.29) is 11.5 Å². The molecule has 2 N–H and O–H groups in total. The molecule has 0 fully saturated rings. The Morgan fingerprint density at radius 1 is 1.33 bits per heavy atom. The second-order valence-electron chi connectivity index (χ2n) is 3.44. The molecule has 18 heavy (non-hydrogen) atoms. The number of nitrogens with two attached hydrogens (primary N) is 1. The zero-order valence-corrected chi connectivity index (χ0v) is 12.4. The lowest BCUT2D eigenvalue weighted by Gasteiger charge is -2.03.